The van der Waals surface area contributed by atoms with Gasteiger partial charge in [-0.15, -0.1) is 0 Å². The van der Waals surface area contributed by atoms with Gasteiger partial charge in [-0.05, 0) is 31.5 Å². The highest BCUT2D eigenvalue weighted by Gasteiger charge is 2.20. The van der Waals surface area contributed by atoms with Crippen molar-refractivity contribution in [2.75, 3.05) is 25.1 Å². The van der Waals surface area contributed by atoms with Crippen LogP contribution in [-0.2, 0) is 24.3 Å². The van der Waals surface area contributed by atoms with Gasteiger partial charge in [0.25, 0.3) is 5.91 Å². The minimum Gasteiger partial charge on any atom is -0.486 e. The van der Waals surface area contributed by atoms with E-state index in [9.17, 15) is 18.0 Å². The lowest BCUT2D eigenvalue weighted by Crippen LogP contribution is -2.31. The number of nitrogens with zero attached hydrogens (tertiary/aromatic N) is 2. The van der Waals surface area contributed by atoms with Gasteiger partial charge in [-0.3, -0.25) is 14.9 Å². The molecule has 12 heteroatoms. The standard InChI is InChI=1S/C19H22N4O7S/c1-13(18(25)23-19-20-7-3-8-21-19)30-17(24)4-2-9-22-31(26,27)14-5-6-15-16(12-14)29-11-10-28-15/h3,5-8,12-13,22H,2,4,9-11H2,1H3,(H,20,21,23,25). The quantitative estimate of drug-likeness (QED) is 0.420. The molecule has 2 aromatic rings. The highest BCUT2D eigenvalue weighted by molar-refractivity contribution is 7.89. The van der Waals surface area contributed by atoms with Crippen molar-refractivity contribution in [1.82, 2.24) is 14.7 Å². The zero-order valence-electron chi connectivity index (χ0n) is 16.7. The first-order chi connectivity index (χ1) is 14.8. The van der Waals surface area contributed by atoms with E-state index < -0.39 is 28.0 Å². The normalized spacial score (nSPS) is 13.8. The first kappa shape index (κ1) is 22.4. The maximum atomic E-state index is 12.4. The van der Waals surface area contributed by atoms with Crippen LogP contribution < -0.4 is 19.5 Å². The Balaban J connectivity index is 1.41. The molecule has 0 fully saturated rings. The Labute approximate surface area is 179 Å². The lowest BCUT2D eigenvalue weighted by molar-refractivity contribution is -0.153. The molecule has 0 saturated heterocycles. The molecule has 1 aromatic heterocycles. The van der Waals surface area contributed by atoms with Gasteiger partial charge in [0.2, 0.25) is 16.0 Å². The van der Waals surface area contributed by atoms with E-state index in [1.54, 1.807) is 6.07 Å². The molecule has 1 atom stereocenters. The van der Waals surface area contributed by atoms with Gasteiger partial charge in [-0.1, -0.05) is 0 Å². The average Bonchev–Trinajstić information content (AvgIpc) is 2.77. The maximum Gasteiger partial charge on any atom is 0.306 e. The van der Waals surface area contributed by atoms with Crippen LogP contribution in [0.3, 0.4) is 0 Å². The van der Waals surface area contributed by atoms with E-state index in [1.807, 2.05) is 0 Å². The monoisotopic (exact) mass is 450 g/mol. The number of nitrogens with one attached hydrogen (secondary N) is 2. The Morgan fingerprint density at radius 3 is 2.61 bits per heavy atom. The molecule has 1 unspecified atom stereocenters. The molecule has 1 aliphatic heterocycles. The predicted octanol–water partition coefficient (Wildman–Crippen LogP) is 0.877. The van der Waals surface area contributed by atoms with Crippen LogP contribution in [0, 0.1) is 0 Å². The summed E-state index contributed by atoms with van der Waals surface area (Å²) in [7, 11) is -3.78. The summed E-state index contributed by atoms with van der Waals surface area (Å²) in [4.78, 5) is 31.6. The van der Waals surface area contributed by atoms with Crippen molar-refractivity contribution in [2.24, 2.45) is 0 Å². The van der Waals surface area contributed by atoms with E-state index in [0.717, 1.165) is 0 Å². The van der Waals surface area contributed by atoms with Gasteiger partial charge in [0, 0.05) is 31.4 Å². The number of carbonyl (C=O) groups excluding carboxylic acids is 2. The summed E-state index contributed by atoms with van der Waals surface area (Å²) in [6.07, 6.45) is 2.00. The number of rotatable bonds is 9. The minimum atomic E-state index is -3.78. The fraction of sp³-hybridized carbons (Fsp3) is 0.368. The molecular formula is C19H22N4O7S. The maximum absolute atomic E-state index is 12.4. The van der Waals surface area contributed by atoms with Crippen LogP contribution in [0.2, 0.25) is 0 Å². The number of hydrogen-bond donors (Lipinski definition) is 2. The molecule has 11 nitrogen and oxygen atoms in total. The van der Waals surface area contributed by atoms with Crippen LogP contribution in [0.15, 0.2) is 41.6 Å². The Kier molecular flexibility index (Phi) is 7.36. The Hall–Kier alpha value is -3.25. The number of benzene rings is 1. The number of carbonyl (C=O) groups is 2. The number of anilines is 1. The van der Waals surface area contributed by atoms with Gasteiger partial charge in [0.05, 0.1) is 4.90 Å². The molecule has 1 aliphatic rings. The summed E-state index contributed by atoms with van der Waals surface area (Å²) in [6.45, 7) is 2.19. The molecule has 166 valence electrons. The molecule has 0 aliphatic carbocycles. The van der Waals surface area contributed by atoms with Gasteiger partial charge in [0.15, 0.2) is 17.6 Å². The van der Waals surface area contributed by atoms with Crippen molar-refractivity contribution < 1.29 is 32.2 Å². The van der Waals surface area contributed by atoms with Gasteiger partial charge >= 0.3 is 5.97 Å². The van der Waals surface area contributed by atoms with Crippen molar-refractivity contribution >= 4 is 27.8 Å². The number of aromatic nitrogens is 2. The van der Waals surface area contributed by atoms with Crippen LogP contribution in [0.25, 0.3) is 0 Å². The molecule has 2 N–H and O–H groups in total. The molecule has 1 amide bonds. The molecule has 0 radical (unpaired) electrons. The van der Waals surface area contributed by atoms with Crippen molar-refractivity contribution in [1.29, 1.82) is 0 Å². The molecule has 2 heterocycles. The summed E-state index contributed by atoms with van der Waals surface area (Å²) in [5.74, 6) is -0.242. The topological polar surface area (TPSA) is 146 Å². The smallest absolute Gasteiger partial charge is 0.306 e. The Morgan fingerprint density at radius 2 is 1.87 bits per heavy atom. The zero-order chi connectivity index (χ0) is 22.3. The van der Waals surface area contributed by atoms with E-state index >= 15 is 0 Å². The molecule has 0 spiro atoms. The van der Waals surface area contributed by atoms with Crippen LogP contribution in [0.5, 0.6) is 11.5 Å². The van der Waals surface area contributed by atoms with E-state index in [2.05, 4.69) is 20.0 Å². The molecule has 0 saturated carbocycles. The zero-order valence-corrected chi connectivity index (χ0v) is 17.6. The molecular weight excluding hydrogens is 428 g/mol. The largest absolute Gasteiger partial charge is 0.486 e. The van der Waals surface area contributed by atoms with Gasteiger partial charge in [0.1, 0.15) is 13.2 Å². The second-order valence-corrected chi connectivity index (χ2v) is 8.27. The number of sulfonamides is 1. The first-order valence-corrected chi connectivity index (χ1v) is 11.0. The second-order valence-electron chi connectivity index (χ2n) is 6.50. The van der Waals surface area contributed by atoms with Gasteiger partial charge in [-0.2, -0.15) is 0 Å². The molecule has 31 heavy (non-hydrogen) atoms. The number of hydrogen-bond acceptors (Lipinski definition) is 9. The van der Waals surface area contributed by atoms with Crippen molar-refractivity contribution in [3.63, 3.8) is 0 Å². The molecule has 0 bridgehead atoms. The van der Waals surface area contributed by atoms with Crippen LogP contribution in [-0.4, -0.2) is 56.1 Å². The van der Waals surface area contributed by atoms with Gasteiger partial charge in [-0.25, -0.2) is 23.1 Å². The third-order valence-corrected chi connectivity index (χ3v) is 5.61. The fourth-order valence-corrected chi connectivity index (χ4v) is 3.69. The van der Waals surface area contributed by atoms with E-state index in [-0.39, 0.29) is 30.2 Å². The average molecular weight is 450 g/mol. The van der Waals surface area contributed by atoms with Gasteiger partial charge < -0.3 is 14.2 Å². The van der Waals surface area contributed by atoms with Crippen LogP contribution in [0.1, 0.15) is 19.8 Å². The Bertz CT molecular complexity index is 1030. The van der Waals surface area contributed by atoms with E-state index in [0.29, 0.717) is 24.7 Å². The summed E-state index contributed by atoms with van der Waals surface area (Å²) in [6, 6.07) is 5.94. The number of ether oxygens (including phenoxy) is 3. The number of esters is 1. The molecule has 3 rings (SSSR count). The summed E-state index contributed by atoms with van der Waals surface area (Å²) >= 11 is 0. The lowest BCUT2D eigenvalue weighted by Gasteiger charge is -2.18. The van der Waals surface area contributed by atoms with E-state index in [1.165, 1.54) is 37.5 Å². The van der Waals surface area contributed by atoms with Crippen molar-refractivity contribution in [2.45, 2.75) is 30.8 Å². The summed E-state index contributed by atoms with van der Waals surface area (Å²) < 4.78 is 43.1. The van der Waals surface area contributed by atoms with Crippen molar-refractivity contribution in [3.8, 4) is 11.5 Å². The third kappa shape index (κ3) is 6.36. The minimum absolute atomic E-state index is 0.0182. The van der Waals surface area contributed by atoms with Crippen molar-refractivity contribution in [3.05, 3.63) is 36.7 Å². The second kappa shape index (κ2) is 10.2. The summed E-state index contributed by atoms with van der Waals surface area (Å²) in [5.41, 5.74) is 0. The highest BCUT2D eigenvalue weighted by Crippen LogP contribution is 2.32. The third-order valence-electron chi connectivity index (χ3n) is 4.15. The SMILES string of the molecule is CC(OC(=O)CCCNS(=O)(=O)c1ccc2c(c1)OCCO2)C(=O)Nc1ncccn1. The summed E-state index contributed by atoms with van der Waals surface area (Å²) in [5, 5.41) is 2.42. The number of amides is 1. The van der Waals surface area contributed by atoms with E-state index in [4.69, 9.17) is 14.2 Å². The fourth-order valence-electron chi connectivity index (χ4n) is 2.60. The highest BCUT2D eigenvalue weighted by atomic mass is 32.2. The Morgan fingerprint density at radius 1 is 1.16 bits per heavy atom. The lowest BCUT2D eigenvalue weighted by atomic mass is 10.3. The van der Waals surface area contributed by atoms with Crippen LogP contribution in [0.4, 0.5) is 5.95 Å². The predicted molar refractivity (Wildman–Crippen MR) is 108 cm³/mol. The number of fused-ring (bicyclic) bond motifs is 1. The van der Waals surface area contributed by atoms with Crippen LogP contribution >= 0.6 is 0 Å². The molecule has 1 aromatic carbocycles. The first-order valence-electron chi connectivity index (χ1n) is 9.52.